The number of hydrogen-bond acceptors (Lipinski definition) is 4. The smallest absolute Gasteiger partial charge is 0.226 e. The molecular weight excluding hydrogens is 272 g/mol. The highest BCUT2D eigenvalue weighted by atomic mass is 32.2. The van der Waals surface area contributed by atoms with Gasteiger partial charge in [-0.2, -0.15) is 0 Å². The van der Waals surface area contributed by atoms with Crippen LogP contribution in [0.3, 0.4) is 0 Å². The topological polar surface area (TPSA) is 59.9 Å². The first-order valence-electron chi connectivity index (χ1n) is 6.11. The van der Waals surface area contributed by atoms with E-state index in [1.54, 1.807) is 37.3 Å². The second-order valence-electron chi connectivity index (χ2n) is 4.48. The van der Waals surface area contributed by atoms with Crippen LogP contribution < -0.4 is 0 Å². The maximum absolute atomic E-state index is 12.6. The Morgan fingerprint density at radius 2 is 1.65 bits per heavy atom. The van der Waals surface area contributed by atoms with Gasteiger partial charge < -0.3 is 0 Å². The first-order chi connectivity index (χ1) is 9.59. The van der Waals surface area contributed by atoms with Crippen molar-refractivity contribution in [1.82, 2.24) is 9.97 Å². The molecule has 0 aliphatic carbocycles. The Bertz CT molecular complexity index is 889. The number of nitrogens with zero attached hydrogens (tertiary/aromatic N) is 2. The molecule has 2 aromatic carbocycles. The Labute approximate surface area is 117 Å². The quantitative estimate of drug-likeness (QED) is 0.679. The fourth-order valence-electron chi connectivity index (χ4n) is 2.04. The van der Waals surface area contributed by atoms with E-state index < -0.39 is 9.84 Å². The van der Waals surface area contributed by atoms with Gasteiger partial charge in [0, 0.05) is 11.6 Å². The van der Waals surface area contributed by atoms with Gasteiger partial charge >= 0.3 is 0 Å². The van der Waals surface area contributed by atoms with Crippen LogP contribution in [0.4, 0.5) is 0 Å². The van der Waals surface area contributed by atoms with Crippen molar-refractivity contribution >= 4 is 20.7 Å². The maximum atomic E-state index is 12.6. The van der Waals surface area contributed by atoms with Crippen molar-refractivity contribution < 1.29 is 8.42 Å². The Morgan fingerprint density at radius 1 is 0.950 bits per heavy atom. The third-order valence-corrected chi connectivity index (χ3v) is 4.80. The predicted molar refractivity (Wildman–Crippen MR) is 76.2 cm³/mol. The van der Waals surface area contributed by atoms with Crippen molar-refractivity contribution in [2.75, 3.05) is 0 Å². The molecule has 20 heavy (non-hydrogen) atoms. The highest BCUT2D eigenvalue weighted by molar-refractivity contribution is 7.91. The lowest BCUT2D eigenvalue weighted by Crippen LogP contribution is -2.08. The molecule has 0 fully saturated rings. The average molecular weight is 284 g/mol. The van der Waals surface area contributed by atoms with Crippen molar-refractivity contribution in [1.29, 1.82) is 0 Å². The summed E-state index contributed by atoms with van der Waals surface area (Å²) in [6.45, 7) is 1.76. The van der Waals surface area contributed by atoms with Crippen molar-refractivity contribution in [3.05, 3.63) is 60.3 Å². The summed E-state index contributed by atoms with van der Waals surface area (Å²) in [6.07, 6.45) is 1.54. The molecule has 0 amide bonds. The number of benzene rings is 2. The van der Waals surface area contributed by atoms with Gasteiger partial charge in [-0.1, -0.05) is 36.4 Å². The van der Waals surface area contributed by atoms with Crippen LogP contribution in [0.1, 0.15) is 5.56 Å². The van der Waals surface area contributed by atoms with Gasteiger partial charge in [-0.15, -0.1) is 0 Å². The van der Waals surface area contributed by atoms with Crippen LogP contribution in [0.5, 0.6) is 0 Å². The van der Waals surface area contributed by atoms with Gasteiger partial charge in [0.05, 0.1) is 10.4 Å². The second kappa shape index (κ2) is 4.68. The van der Waals surface area contributed by atoms with Gasteiger partial charge in [-0.3, -0.25) is 0 Å². The minimum atomic E-state index is -3.68. The van der Waals surface area contributed by atoms with E-state index in [2.05, 4.69) is 9.97 Å². The van der Waals surface area contributed by atoms with Gasteiger partial charge in [0.25, 0.3) is 5.16 Å². The normalized spacial score (nSPS) is 11.7. The molecule has 3 aromatic rings. The minimum absolute atomic E-state index is 0.162. The lowest BCUT2D eigenvalue weighted by atomic mass is 10.2. The molecule has 0 bridgehead atoms. The fourth-order valence-corrected chi connectivity index (χ4v) is 3.40. The van der Waals surface area contributed by atoms with Gasteiger partial charge in [-0.25, -0.2) is 18.4 Å². The van der Waals surface area contributed by atoms with Crippen molar-refractivity contribution in [2.24, 2.45) is 0 Å². The third-order valence-electron chi connectivity index (χ3n) is 3.09. The molecule has 0 spiro atoms. The SMILES string of the molecule is Cc1ccccc1S(=O)(=O)c1ncc2ccccc2n1. The fraction of sp³-hybridized carbons (Fsp3) is 0.0667. The molecule has 0 atom stereocenters. The molecule has 0 unspecified atom stereocenters. The highest BCUT2D eigenvalue weighted by Crippen LogP contribution is 2.22. The van der Waals surface area contributed by atoms with E-state index in [9.17, 15) is 8.42 Å². The van der Waals surface area contributed by atoms with E-state index in [0.29, 0.717) is 11.1 Å². The summed E-state index contributed by atoms with van der Waals surface area (Å²) in [5.74, 6) is 0. The lowest BCUT2D eigenvalue weighted by Gasteiger charge is -2.06. The molecule has 0 saturated heterocycles. The zero-order valence-electron chi connectivity index (χ0n) is 10.8. The maximum Gasteiger partial charge on any atom is 0.252 e. The average Bonchev–Trinajstić information content (AvgIpc) is 2.47. The summed E-state index contributed by atoms with van der Waals surface area (Å²) < 4.78 is 25.1. The molecule has 100 valence electrons. The number of para-hydroxylation sites is 1. The number of hydrogen-bond donors (Lipinski definition) is 0. The number of fused-ring (bicyclic) bond motifs is 1. The molecule has 0 radical (unpaired) electrons. The molecule has 0 aliphatic heterocycles. The highest BCUT2D eigenvalue weighted by Gasteiger charge is 2.22. The summed E-state index contributed by atoms with van der Waals surface area (Å²) >= 11 is 0. The Hall–Kier alpha value is -2.27. The number of aryl methyl sites for hydroxylation is 1. The van der Waals surface area contributed by atoms with Crippen LogP contribution in [0, 0.1) is 6.92 Å². The van der Waals surface area contributed by atoms with E-state index in [1.807, 2.05) is 18.2 Å². The Balaban J connectivity index is 2.22. The summed E-state index contributed by atoms with van der Waals surface area (Å²) in [5, 5.41) is 0.654. The van der Waals surface area contributed by atoms with Crippen LogP contribution in [-0.4, -0.2) is 18.4 Å². The van der Waals surface area contributed by atoms with Gasteiger partial charge in [0.15, 0.2) is 0 Å². The molecule has 1 heterocycles. The van der Waals surface area contributed by atoms with Crippen LogP contribution >= 0.6 is 0 Å². The third kappa shape index (κ3) is 2.06. The summed E-state index contributed by atoms with van der Waals surface area (Å²) in [5.41, 5.74) is 1.30. The van der Waals surface area contributed by atoms with Crippen LogP contribution in [-0.2, 0) is 9.84 Å². The van der Waals surface area contributed by atoms with E-state index in [0.717, 1.165) is 5.39 Å². The molecule has 5 heteroatoms. The number of sulfone groups is 1. The molecule has 0 aliphatic rings. The molecule has 3 rings (SSSR count). The molecule has 0 saturated carbocycles. The molecular formula is C15H12N2O2S. The predicted octanol–water partition coefficient (Wildman–Crippen LogP) is 2.77. The summed E-state index contributed by atoms with van der Waals surface area (Å²) in [6, 6.07) is 14.1. The van der Waals surface area contributed by atoms with E-state index in [1.165, 1.54) is 6.20 Å². The first kappa shape index (κ1) is 12.7. The van der Waals surface area contributed by atoms with Gasteiger partial charge in [-0.05, 0) is 24.6 Å². The van der Waals surface area contributed by atoms with E-state index >= 15 is 0 Å². The van der Waals surface area contributed by atoms with Gasteiger partial charge in [0.2, 0.25) is 9.84 Å². The molecule has 4 nitrogen and oxygen atoms in total. The Morgan fingerprint density at radius 3 is 2.45 bits per heavy atom. The monoisotopic (exact) mass is 284 g/mol. The van der Waals surface area contributed by atoms with Crippen molar-refractivity contribution in [2.45, 2.75) is 17.0 Å². The van der Waals surface area contributed by atoms with E-state index in [-0.39, 0.29) is 10.1 Å². The Kier molecular flexibility index (Phi) is 2.99. The zero-order valence-corrected chi connectivity index (χ0v) is 11.6. The zero-order chi connectivity index (χ0) is 14.2. The molecule has 1 aromatic heterocycles. The summed E-state index contributed by atoms with van der Waals surface area (Å²) in [7, 11) is -3.68. The van der Waals surface area contributed by atoms with Crippen LogP contribution in [0.15, 0.2) is 64.8 Å². The number of aromatic nitrogens is 2. The second-order valence-corrected chi connectivity index (χ2v) is 6.29. The minimum Gasteiger partial charge on any atom is -0.226 e. The largest absolute Gasteiger partial charge is 0.252 e. The standard InChI is InChI=1S/C15H12N2O2S/c1-11-6-2-5-9-14(11)20(18,19)15-16-10-12-7-3-4-8-13(12)17-15/h2-10H,1H3. The van der Waals surface area contributed by atoms with Gasteiger partial charge in [0.1, 0.15) is 0 Å². The first-order valence-corrected chi connectivity index (χ1v) is 7.60. The lowest BCUT2D eigenvalue weighted by molar-refractivity contribution is 0.587. The summed E-state index contributed by atoms with van der Waals surface area (Å²) in [4.78, 5) is 8.41. The van der Waals surface area contributed by atoms with E-state index in [4.69, 9.17) is 0 Å². The van der Waals surface area contributed by atoms with Crippen molar-refractivity contribution in [3.63, 3.8) is 0 Å². The van der Waals surface area contributed by atoms with Crippen LogP contribution in [0.25, 0.3) is 10.9 Å². The van der Waals surface area contributed by atoms with Crippen LogP contribution in [0.2, 0.25) is 0 Å². The van der Waals surface area contributed by atoms with Crippen molar-refractivity contribution in [3.8, 4) is 0 Å². The number of rotatable bonds is 2. The molecule has 0 N–H and O–H groups in total.